The predicted octanol–water partition coefficient (Wildman–Crippen LogP) is 3.62. The van der Waals surface area contributed by atoms with Crippen molar-refractivity contribution in [1.29, 1.82) is 0 Å². The van der Waals surface area contributed by atoms with E-state index in [-0.39, 0.29) is 11.6 Å². The van der Waals surface area contributed by atoms with Gasteiger partial charge in [0.25, 0.3) is 11.6 Å². The molecule has 0 saturated heterocycles. The Labute approximate surface area is 120 Å². The molecule has 0 fully saturated rings. The van der Waals surface area contributed by atoms with Crippen LogP contribution in [0.15, 0.2) is 22.7 Å². The number of rotatable bonds is 6. The molecule has 0 aromatic heterocycles. The van der Waals surface area contributed by atoms with Gasteiger partial charge in [0, 0.05) is 24.7 Å². The lowest BCUT2D eigenvalue weighted by molar-refractivity contribution is -0.385. The van der Waals surface area contributed by atoms with E-state index in [9.17, 15) is 14.9 Å². The number of amides is 1. The average Bonchev–Trinajstić information content (AvgIpc) is 2.38. The van der Waals surface area contributed by atoms with Crippen molar-refractivity contribution < 1.29 is 9.72 Å². The van der Waals surface area contributed by atoms with E-state index in [1.165, 1.54) is 6.07 Å². The predicted molar refractivity (Wildman–Crippen MR) is 77.3 cm³/mol. The fourth-order valence-electron chi connectivity index (χ4n) is 1.82. The molecule has 1 amide bonds. The van der Waals surface area contributed by atoms with Gasteiger partial charge in [-0.25, -0.2) is 0 Å². The Bertz CT molecular complexity index is 471. The van der Waals surface area contributed by atoms with Crippen LogP contribution in [0.5, 0.6) is 0 Å². The molecule has 0 bridgehead atoms. The number of nitrogens with zero attached hydrogens (tertiary/aromatic N) is 2. The molecule has 5 nitrogen and oxygen atoms in total. The molecule has 0 aliphatic heterocycles. The van der Waals surface area contributed by atoms with Crippen molar-refractivity contribution in [2.75, 3.05) is 13.1 Å². The summed E-state index contributed by atoms with van der Waals surface area (Å²) in [7, 11) is 0. The summed E-state index contributed by atoms with van der Waals surface area (Å²) in [5.41, 5.74) is 0.274. The van der Waals surface area contributed by atoms with Gasteiger partial charge in [-0.1, -0.05) is 13.8 Å². The standard InChI is InChI=1S/C13H17BrN2O3/c1-3-7-15(8-4-2)13(17)10-5-6-11(14)12(9-10)16(18)19/h5-6,9H,3-4,7-8H2,1-2H3. The van der Waals surface area contributed by atoms with Crippen LogP contribution in [-0.2, 0) is 0 Å². The molecule has 0 N–H and O–H groups in total. The van der Waals surface area contributed by atoms with Crippen LogP contribution < -0.4 is 0 Å². The topological polar surface area (TPSA) is 63.5 Å². The van der Waals surface area contributed by atoms with Crippen molar-refractivity contribution >= 4 is 27.5 Å². The third-order valence-electron chi connectivity index (χ3n) is 2.66. The Hall–Kier alpha value is -1.43. The summed E-state index contributed by atoms with van der Waals surface area (Å²) >= 11 is 3.11. The highest BCUT2D eigenvalue weighted by atomic mass is 79.9. The first kappa shape index (κ1) is 15.6. The Morgan fingerprint density at radius 1 is 1.32 bits per heavy atom. The van der Waals surface area contributed by atoms with Crippen molar-refractivity contribution in [3.8, 4) is 0 Å². The van der Waals surface area contributed by atoms with E-state index in [1.54, 1.807) is 17.0 Å². The minimum Gasteiger partial charge on any atom is -0.339 e. The van der Waals surface area contributed by atoms with E-state index in [4.69, 9.17) is 0 Å². The van der Waals surface area contributed by atoms with E-state index in [2.05, 4.69) is 15.9 Å². The molecule has 0 radical (unpaired) electrons. The molecular weight excluding hydrogens is 312 g/mol. The highest BCUT2D eigenvalue weighted by Crippen LogP contribution is 2.26. The molecule has 0 spiro atoms. The first-order valence-electron chi connectivity index (χ1n) is 6.24. The second kappa shape index (κ2) is 7.23. The second-order valence-electron chi connectivity index (χ2n) is 4.22. The number of carbonyl (C=O) groups is 1. The molecule has 1 rings (SSSR count). The van der Waals surface area contributed by atoms with Crippen LogP contribution >= 0.6 is 15.9 Å². The maximum absolute atomic E-state index is 12.3. The quantitative estimate of drug-likeness (QED) is 0.591. The zero-order valence-electron chi connectivity index (χ0n) is 11.1. The van der Waals surface area contributed by atoms with E-state index in [0.717, 1.165) is 12.8 Å². The van der Waals surface area contributed by atoms with E-state index >= 15 is 0 Å². The highest BCUT2D eigenvalue weighted by Gasteiger charge is 2.19. The number of carbonyl (C=O) groups excluding carboxylic acids is 1. The lowest BCUT2D eigenvalue weighted by atomic mass is 10.1. The first-order valence-corrected chi connectivity index (χ1v) is 7.03. The maximum atomic E-state index is 12.3. The smallest absolute Gasteiger partial charge is 0.284 e. The van der Waals surface area contributed by atoms with Gasteiger partial charge >= 0.3 is 0 Å². The van der Waals surface area contributed by atoms with E-state index in [1.807, 2.05) is 13.8 Å². The molecule has 19 heavy (non-hydrogen) atoms. The minimum absolute atomic E-state index is 0.0844. The first-order chi connectivity index (χ1) is 9.01. The number of nitro groups is 1. The SMILES string of the molecule is CCCN(CCC)C(=O)c1ccc(Br)c([N+](=O)[O-])c1. The second-order valence-corrected chi connectivity index (χ2v) is 5.07. The van der Waals surface area contributed by atoms with E-state index < -0.39 is 4.92 Å². The molecule has 0 aliphatic rings. The van der Waals surface area contributed by atoms with Gasteiger partial charge in [0.15, 0.2) is 0 Å². The molecule has 0 atom stereocenters. The lowest BCUT2D eigenvalue weighted by Gasteiger charge is -2.21. The number of benzene rings is 1. The Morgan fingerprint density at radius 2 is 1.89 bits per heavy atom. The molecule has 6 heteroatoms. The van der Waals surface area contributed by atoms with Gasteiger partial charge in [0.2, 0.25) is 0 Å². The molecule has 1 aromatic carbocycles. The molecule has 0 aliphatic carbocycles. The largest absolute Gasteiger partial charge is 0.339 e. The fourth-order valence-corrected chi connectivity index (χ4v) is 2.21. The van der Waals surface area contributed by atoms with Gasteiger partial charge < -0.3 is 4.90 Å². The highest BCUT2D eigenvalue weighted by molar-refractivity contribution is 9.10. The molecule has 0 saturated carbocycles. The zero-order chi connectivity index (χ0) is 14.4. The number of nitro benzene ring substituents is 1. The van der Waals surface area contributed by atoms with Gasteiger partial charge in [-0.2, -0.15) is 0 Å². The van der Waals surface area contributed by atoms with Crippen LogP contribution in [-0.4, -0.2) is 28.8 Å². The van der Waals surface area contributed by atoms with Crippen LogP contribution in [0.3, 0.4) is 0 Å². The monoisotopic (exact) mass is 328 g/mol. The summed E-state index contributed by atoms with van der Waals surface area (Å²) in [4.78, 5) is 24.4. The number of hydrogen-bond donors (Lipinski definition) is 0. The summed E-state index contributed by atoms with van der Waals surface area (Å²) in [6, 6.07) is 4.48. The number of hydrogen-bond acceptors (Lipinski definition) is 3. The van der Waals surface area contributed by atoms with Crippen LogP contribution in [0.4, 0.5) is 5.69 Å². The van der Waals surface area contributed by atoms with Crippen molar-refractivity contribution in [3.05, 3.63) is 38.3 Å². The molecule has 0 heterocycles. The van der Waals surface area contributed by atoms with E-state index in [0.29, 0.717) is 23.1 Å². The zero-order valence-corrected chi connectivity index (χ0v) is 12.6. The van der Waals surface area contributed by atoms with Crippen LogP contribution in [0.2, 0.25) is 0 Å². The molecule has 1 aromatic rings. The fraction of sp³-hybridized carbons (Fsp3) is 0.462. The van der Waals surface area contributed by atoms with Crippen molar-refractivity contribution in [2.24, 2.45) is 0 Å². The molecule has 104 valence electrons. The van der Waals surface area contributed by atoms with Gasteiger partial charge in [-0.15, -0.1) is 0 Å². The Kier molecular flexibility index (Phi) is 5.95. The Balaban J connectivity index is 3.04. The average molecular weight is 329 g/mol. The third kappa shape index (κ3) is 4.02. The molecule has 0 unspecified atom stereocenters. The summed E-state index contributed by atoms with van der Waals surface area (Å²) in [6.45, 7) is 5.33. The van der Waals surface area contributed by atoms with Gasteiger partial charge in [-0.3, -0.25) is 14.9 Å². The van der Waals surface area contributed by atoms with Crippen LogP contribution in [0.1, 0.15) is 37.0 Å². The summed E-state index contributed by atoms with van der Waals surface area (Å²) in [6.07, 6.45) is 1.73. The van der Waals surface area contributed by atoms with Gasteiger partial charge in [-0.05, 0) is 40.9 Å². The third-order valence-corrected chi connectivity index (χ3v) is 3.33. The van der Waals surface area contributed by atoms with Crippen molar-refractivity contribution in [2.45, 2.75) is 26.7 Å². The normalized spacial score (nSPS) is 10.3. The summed E-state index contributed by atoms with van der Waals surface area (Å²) in [5, 5.41) is 10.9. The summed E-state index contributed by atoms with van der Waals surface area (Å²) < 4.78 is 0.381. The Morgan fingerprint density at radius 3 is 2.37 bits per heavy atom. The van der Waals surface area contributed by atoms with Gasteiger partial charge in [0.05, 0.1) is 9.40 Å². The maximum Gasteiger partial charge on any atom is 0.284 e. The van der Waals surface area contributed by atoms with Crippen LogP contribution in [0, 0.1) is 10.1 Å². The minimum atomic E-state index is -0.495. The van der Waals surface area contributed by atoms with Crippen molar-refractivity contribution in [1.82, 2.24) is 4.90 Å². The molecular formula is C13H17BrN2O3. The summed E-state index contributed by atoms with van der Waals surface area (Å²) in [5.74, 6) is -0.153. The van der Waals surface area contributed by atoms with Crippen molar-refractivity contribution in [3.63, 3.8) is 0 Å². The lowest BCUT2D eigenvalue weighted by Crippen LogP contribution is -2.32. The van der Waals surface area contributed by atoms with Gasteiger partial charge in [0.1, 0.15) is 0 Å². The number of halogens is 1. The van der Waals surface area contributed by atoms with Crippen LogP contribution in [0.25, 0.3) is 0 Å².